The molecule has 0 radical (unpaired) electrons. The number of carbonyl (C=O) groups is 1. The number of hydrogen-bond donors (Lipinski definition) is 1. The standard InChI is InChI=1S/C14H12N2O4S/c17-14(18)10-2-1-3-11(16(19)20)13(10)15-6-4-12-9(8-15)5-7-21-12/h1-3,5,7H,4,6,8H2,(H,17,18). The van der Waals surface area contributed by atoms with Crippen molar-refractivity contribution in [1.82, 2.24) is 0 Å². The van der Waals surface area contributed by atoms with E-state index in [1.165, 1.54) is 23.1 Å². The molecule has 0 unspecified atom stereocenters. The molecule has 0 spiro atoms. The predicted molar refractivity (Wildman–Crippen MR) is 79.1 cm³/mol. The molecule has 3 rings (SSSR count). The van der Waals surface area contributed by atoms with E-state index in [2.05, 4.69) is 0 Å². The summed E-state index contributed by atoms with van der Waals surface area (Å²) in [6.07, 6.45) is 0.776. The molecule has 0 saturated heterocycles. The molecular formula is C14H12N2O4S. The third-order valence-electron chi connectivity index (χ3n) is 3.57. The summed E-state index contributed by atoms with van der Waals surface area (Å²) < 4.78 is 0. The highest BCUT2D eigenvalue weighted by atomic mass is 32.1. The van der Waals surface area contributed by atoms with Crippen molar-refractivity contribution < 1.29 is 14.8 Å². The molecule has 2 heterocycles. The minimum absolute atomic E-state index is 0.0251. The van der Waals surface area contributed by atoms with Gasteiger partial charge in [-0.1, -0.05) is 6.07 Å². The van der Waals surface area contributed by atoms with Crippen molar-refractivity contribution >= 4 is 28.7 Å². The molecule has 108 valence electrons. The van der Waals surface area contributed by atoms with E-state index in [4.69, 9.17) is 0 Å². The van der Waals surface area contributed by atoms with Crippen LogP contribution in [0.15, 0.2) is 29.6 Å². The Morgan fingerprint density at radius 3 is 2.90 bits per heavy atom. The zero-order chi connectivity index (χ0) is 15.0. The first-order valence-corrected chi connectivity index (χ1v) is 7.27. The molecule has 2 aromatic rings. The average molecular weight is 304 g/mol. The molecule has 0 amide bonds. The topological polar surface area (TPSA) is 83.7 Å². The molecule has 1 aromatic heterocycles. The van der Waals surface area contributed by atoms with E-state index in [-0.39, 0.29) is 16.9 Å². The summed E-state index contributed by atoms with van der Waals surface area (Å²) in [6, 6.07) is 6.16. The zero-order valence-electron chi connectivity index (χ0n) is 11.0. The average Bonchev–Trinajstić information content (AvgIpc) is 2.93. The van der Waals surface area contributed by atoms with Gasteiger partial charge in [0, 0.05) is 24.0 Å². The fourth-order valence-corrected chi connectivity index (χ4v) is 3.51. The van der Waals surface area contributed by atoms with Crippen molar-refractivity contribution in [3.63, 3.8) is 0 Å². The van der Waals surface area contributed by atoms with Crippen LogP contribution in [0.5, 0.6) is 0 Å². The second-order valence-electron chi connectivity index (χ2n) is 4.78. The fourth-order valence-electron chi connectivity index (χ4n) is 2.62. The third-order valence-corrected chi connectivity index (χ3v) is 4.59. The largest absolute Gasteiger partial charge is 0.478 e. The van der Waals surface area contributed by atoms with Gasteiger partial charge in [0.05, 0.1) is 10.5 Å². The number of fused-ring (bicyclic) bond motifs is 1. The Morgan fingerprint density at radius 2 is 2.19 bits per heavy atom. The lowest BCUT2D eigenvalue weighted by Gasteiger charge is -2.29. The molecule has 7 heteroatoms. The van der Waals surface area contributed by atoms with Crippen LogP contribution in [0.2, 0.25) is 0 Å². The molecule has 0 atom stereocenters. The molecule has 1 N–H and O–H groups in total. The van der Waals surface area contributed by atoms with Gasteiger partial charge in [-0.2, -0.15) is 0 Å². The quantitative estimate of drug-likeness (QED) is 0.696. The Bertz CT molecular complexity index is 693. The summed E-state index contributed by atoms with van der Waals surface area (Å²) in [5.74, 6) is -1.15. The van der Waals surface area contributed by atoms with Crippen molar-refractivity contribution in [3.8, 4) is 0 Å². The predicted octanol–water partition coefficient (Wildman–Crippen LogP) is 2.92. The van der Waals surface area contributed by atoms with Crippen LogP contribution in [-0.4, -0.2) is 22.5 Å². The molecule has 0 fully saturated rings. The maximum Gasteiger partial charge on any atom is 0.338 e. The molecular weight excluding hydrogens is 292 g/mol. The van der Waals surface area contributed by atoms with E-state index in [9.17, 15) is 20.0 Å². The van der Waals surface area contributed by atoms with Crippen LogP contribution in [0.3, 0.4) is 0 Å². The highest BCUT2D eigenvalue weighted by Gasteiger charge is 2.28. The number of nitro benzene ring substituents is 1. The molecule has 0 bridgehead atoms. The second-order valence-corrected chi connectivity index (χ2v) is 5.78. The summed E-state index contributed by atoms with van der Waals surface area (Å²) in [5.41, 5.74) is 1.13. The van der Waals surface area contributed by atoms with Crippen LogP contribution < -0.4 is 4.90 Å². The summed E-state index contributed by atoms with van der Waals surface area (Å²) in [5, 5.41) is 22.5. The highest BCUT2D eigenvalue weighted by molar-refractivity contribution is 7.10. The van der Waals surface area contributed by atoms with Crippen molar-refractivity contribution in [2.45, 2.75) is 13.0 Å². The van der Waals surface area contributed by atoms with Crippen LogP contribution in [0.4, 0.5) is 11.4 Å². The van der Waals surface area contributed by atoms with Crippen molar-refractivity contribution in [2.24, 2.45) is 0 Å². The lowest BCUT2D eigenvalue weighted by Crippen LogP contribution is -2.31. The second kappa shape index (κ2) is 5.17. The number of hydrogen-bond acceptors (Lipinski definition) is 5. The maximum absolute atomic E-state index is 11.4. The number of anilines is 1. The summed E-state index contributed by atoms with van der Waals surface area (Å²) in [7, 11) is 0. The van der Waals surface area contributed by atoms with Gasteiger partial charge in [0.15, 0.2) is 0 Å². The van der Waals surface area contributed by atoms with Crippen LogP contribution in [-0.2, 0) is 13.0 Å². The maximum atomic E-state index is 11.4. The smallest absolute Gasteiger partial charge is 0.338 e. The number of rotatable bonds is 3. The van der Waals surface area contributed by atoms with Gasteiger partial charge in [-0.15, -0.1) is 11.3 Å². The monoisotopic (exact) mass is 304 g/mol. The number of para-hydroxylation sites is 1. The fraction of sp³-hybridized carbons (Fsp3) is 0.214. The molecule has 0 aliphatic carbocycles. The minimum atomic E-state index is -1.15. The number of carboxylic acids is 1. The highest BCUT2D eigenvalue weighted by Crippen LogP contribution is 2.36. The van der Waals surface area contributed by atoms with Gasteiger partial charge in [0.25, 0.3) is 5.69 Å². The van der Waals surface area contributed by atoms with Gasteiger partial charge in [0.1, 0.15) is 5.69 Å². The van der Waals surface area contributed by atoms with Crippen molar-refractivity contribution in [2.75, 3.05) is 11.4 Å². The summed E-state index contributed by atoms with van der Waals surface area (Å²) in [6.45, 7) is 1.09. The van der Waals surface area contributed by atoms with E-state index < -0.39 is 10.9 Å². The Labute approximate surface area is 124 Å². The van der Waals surface area contributed by atoms with Crippen LogP contribution >= 0.6 is 11.3 Å². The Balaban J connectivity index is 2.09. The molecule has 1 aliphatic heterocycles. The van der Waals surface area contributed by atoms with Crippen LogP contribution in [0.1, 0.15) is 20.8 Å². The zero-order valence-corrected chi connectivity index (χ0v) is 11.8. The Morgan fingerprint density at radius 1 is 1.38 bits per heavy atom. The SMILES string of the molecule is O=C(O)c1cccc([N+](=O)[O-])c1N1CCc2sccc2C1. The third kappa shape index (κ3) is 2.36. The van der Waals surface area contributed by atoms with Crippen LogP contribution in [0, 0.1) is 10.1 Å². The molecule has 6 nitrogen and oxygen atoms in total. The summed E-state index contributed by atoms with van der Waals surface area (Å²) in [4.78, 5) is 25.1. The van der Waals surface area contributed by atoms with Gasteiger partial charge in [0.2, 0.25) is 0 Å². The van der Waals surface area contributed by atoms with Crippen LogP contribution in [0.25, 0.3) is 0 Å². The van der Waals surface area contributed by atoms with Gasteiger partial charge in [-0.25, -0.2) is 4.79 Å². The van der Waals surface area contributed by atoms with E-state index in [1.807, 2.05) is 11.4 Å². The number of nitro groups is 1. The van der Waals surface area contributed by atoms with E-state index in [1.54, 1.807) is 16.2 Å². The van der Waals surface area contributed by atoms with E-state index in [0.717, 1.165) is 12.0 Å². The first kappa shape index (κ1) is 13.6. The van der Waals surface area contributed by atoms with E-state index >= 15 is 0 Å². The van der Waals surface area contributed by atoms with Gasteiger partial charge < -0.3 is 10.0 Å². The first-order chi connectivity index (χ1) is 10.1. The summed E-state index contributed by atoms with van der Waals surface area (Å²) >= 11 is 1.67. The number of nitrogens with zero attached hydrogens (tertiary/aromatic N) is 2. The van der Waals surface area contributed by atoms with Crippen molar-refractivity contribution in [1.29, 1.82) is 0 Å². The number of benzene rings is 1. The lowest BCUT2D eigenvalue weighted by atomic mass is 10.0. The number of thiophene rings is 1. The van der Waals surface area contributed by atoms with Gasteiger partial charge in [-0.05, 0) is 29.5 Å². The molecule has 1 aliphatic rings. The number of aromatic carboxylic acids is 1. The lowest BCUT2D eigenvalue weighted by molar-refractivity contribution is -0.384. The van der Waals surface area contributed by atoms with E-state index in [0.29, 0.717) is 13.1 Å². The molecule has 1 aromatic carbocycles. The number of carboxylic acid groups (broad SMARTS) is 1. The normalized spacial score (nSPS) is 13.8. The minimum Gasteiger partial charge on any atom is -0.478 e. The Hall–Kier alpha value is -2.41. The first-order valence-electron chi connectivity index (χ1n) is 6.39. The molecule has 0 saturated carbocycles. The molecule has 21 heavy (non-hydrogen) atoms. The van der Waals surface area contributed by atoms with Crippen molar-refractivity contribution in [3.05, 3.63) is 55.8 Å². The van der Waals surface area contributed by atoms with Gasteiger partial charge >= 0.3 is 5.97 Å². The van der Waals surface area contributed by atoms with Gasteiger partial charge in [-0.3, -0.25) is 10.1 Å². The Kier molecular flexibility index (Phi) is 3.34.